The summed E-state index contributed by atoms with van der Waals surface area (Å²) in [4.78, 5) is 27.5. The van der Waals surface area contributed by atoms with Crippen LogP contribution in [0.4, 0.5) is 5.69 Å². The molecule has 0 saturated heterocycles. The Morgan fingerprint density at radius 3 is 2.83 bits per heavy atom. The number of aromatic amines is 1. The molecule has 1 aliphatic carbocycles. The van der Waals surface area contributed by atoms with Gasteiger partial charge in [0.25, 0.3) is 11.1 Å². The average molecular weight is 342 g/mol. The Balaban J connectivity index is 1.64. The zero-order valence-corrected chi connectivity index (χ0v) is 13.6. The monoisotopic (exact) mass is 341 g/mol. The maximum Gasteiger partial charge on any atom is 0.274 e. The van der Waals surface area contributed by atoms with Gasteiger partial charge < -0.3 is 14.9 Å². The van der Waals surface area contributed by atoms with E-state index in [1.54, 1.807) is 22.8 Å². The Hall–Kier alpha value is -2.53. The molecular weight excluding hydrogens is 326 g/mol. The van der Waals surface area contributed by atoms with E-state index in [9.17, 15) is 9.59 Å². The standard InChI is InChI=1S/C18H16ClN3O2/c19-14-4-1-3-11-9-12(17(23)21-16(11)14)10-20-15-5-2-8-22(18(15)24)13-6-7-13/h1-5,8-9,13,20H,6-7,10H2,(H,21,23). The molecule has 0 atom stereocenters. The lowest BCUT2D eigenvalue weighted by atomic mass is 10.1. The van der Waals surface area contributed by atoms with Crippen LogP contribution in [0.1, 0.15) is 24.4 Å². The fraction of sp³-hybridized carbons (Fsp3) is 0.222. The second-order valence-electron chi connectivity index (χ2n) is 6.05. The van der Waals surface area contributed by atoms with Gasteiger partial charge >= 0.3 is 0 Å². The summed E-state index contributed by atoms with van der Waals surface area (Å²) >= 11 is 6.10. The molecule has 1 aromatic carbocycles. The first kappa shape index (κ1) is 15.0. The number of nitrogens with zero attached hydrogens (tertiary/aromatic N) is 1. The third-order valence-electron chi connectivity index (χ3n) is 4.29. The van der Waals surface area contributed by atoms with Crippen molar-refractivity contribution in [2.24, 2.45) is 0 Å². The van der Waals surface area contributed by atoms with Gasteiger partial charge in [0.2, 0.25) is 0 Å². The average Bonchev–Trinajstić information content (AvgIpc) is 3.40. The van der Waals surface area contributed by atoms with Gasteiger partial charge in [0.15, 0.2) is 0 Å². The summed E-state index contributed by atoms with van der Waals surface area (Å²) in [5.74, 6) is 0. The van der Waals surface area contributed by atoms with E-state index in [0.29, 0.717) is 27.8 Å². The third kappa shape index (κ3) is 2.71. The molecule has 2 heterocycles. The summed E-state index contributed by atoms with van der Waals surface area (Å²) in [6, 6.07) is 11.2. The molecule has 5 nitrogen and oxygen atoms in total. The van der Waals surface area contributed by atoms with Crippen LogP contribution in [0.15, 0.2) is 52.2 Å². The number of para-hydroxylation sites is 1. The molecule has 24 heavy (non-hydrogen) atoms. The summed E-state index contributed by atoms with van der Waals surface area (Å²) in [6.45, 7) is 0.279. The minimum atomic E-state index is -0.207. The largest absolute Gasteiger partial charge is 0.376 e. The number of benzene rings is 1. The van der Waals surface area contributed by atoms with Gasteiger partial charge in [-0.2, -0.15) is 0 Å². The van der Waals surface area contributed by atoms with Crippen LogP contribution in [0.3, 0.4) is 0 Å². The van der Waals surface area contributed by atoms with E-state index >= 15 is 0 Å². The van der Waals surface area contributed by atoms with Gasteiger partial charge in [-0.3, -0.25) is 9.59 Å². The molecule has 0 spiro atoms. The van der Waals surface area contributed by atoms with E-state index in [2.05, 4.69) is 10.3 Å². The van der Waals surface area contributed by atoms with Gasteiger partial charge in [-0.1, -0.05) is 23.7 Å². The summed E-state index contributed by atoms with van der Waals surface area (Å²) in [6.07, 6.45) is 3.92. The molecule has 1 aliphatic rings. The normalized spacial score (nSPS) is 14.0. The first-order valence-corrected chi connectivity index (χ1v) is 8.27. The van der Waals surface area contributed by atoms with Crippen molar-refractivity contribution in [3.63, 3.8) is 0 Å². The molecule has 4 rings (SSSR count). The smallest absolute Gasteiger partial charge is 0.274 e. The van der Waals surface area contributed by atoms with Crippen LogP contribution in [0, 0.1) is 0 Å². The van der Waals surface area contributed by atoms with Crippen LogP contribution in [0.2, 0.25) is 5.02 Å². The van der Waals surface area contributed by atoms with Crippen LogP contribution in [0.5, 0.6) is 0 Å². The van der Waals surface area contributed by atoms with Gasteiger partial charge in [0.1, 0.15) is 5.69 Å². The van der Waals surface area contributed by atoms with Crippen molar-refractivity contribution in [2.75, 3.05) is 5.32 Å². The summed E-state index contributed by atoms with van der Waals surface area (Å²) in [5.41, 5.74) is 1.45. The van der Waals surface area contributed by atoms with Crippen molar-refractivity contribution in [1.82, 2.24) is 9.55 Å². The minimum Gasteiger partial charge on any atom is -0.376 e. The maximum absolute atomic E-state index is 12.4. The maximum atomic E-state index is 12.4. The van der Waals surface area contributed by atoms with Crippen molar-refractivity contribution in [1.29, 1.82) is 0 Å². The lowest BCUT2D eigenvalue weighted by Crippen LogP contribution is -2.23. The van der Waals surface area contributed by atoms with Crippen LogP contribution in [-0.2, 0) is 6.54 Å². The molecular formula is C18H16ClN3O2. The molecule has 3 aromatic rings. The predicted molar refractivity (Wildman–Crippen MR) is 95.9 cm³/mol. The molecule has 2 aromatic heterocycles. The number of pyridine rings is 2. The van der Waals surface area contributed by atoms with Crippen LogP contribution >= 0.6 is 11.6 Å². The molecule has 0 unspecified atom stereocenters. The lowest BCUT2D eigenvalue weighted by Gasteiger charge is -2.09. The molecule has 2 N–H and O–H groups in total. The lowest BCUT2D eigenvalue weighted by molar-refractivity contribution is 0.708. The first-order valence-electron chi connectivity index (χ1n) is 7.89. The summed E-state index contributed by atoms with van der Waals surface area (Å²) in [7, 11) is 0. The Morgan fingerprint density at radius 1 is 1.21 bits per heavy atom. The van der Waals surface area contributed by atoms with Crippen molar-refractivity contribution in [3.05, 3.63) is 73.9 Å². The number of H-pyrrole nitrogens is 1. The summed E-state index contributed by atoms with van der Waals surface area (Å²) in [5, 5.41) is 4.46. The highest BCUT2D eigenvalue weighted by atomic mass is 35.5. The van der Waals surface area contributed by atoms with E-state index in [1.807, 2.05) is 24.4 Å². The van der Waals surface area contributed by atoms with E-state index in [0.717, 1.165) is 18.2 Å². The second-order valence-corrected chi connectivity index (χ2v) is 6.45. The molecule has 0 radical (unpaired) electrons. The number of rotatable bonds is 4. The van der Waals surface area contributed by atoms with Gasteiger partial charge in [-0.15, -0.1) is 0 Å². The first-order chi connectivity index (χ1) is 11.6. The highest BCUT2D eigenvalue weighted by Gasteiger charge is 2.24. The van der Waals surface area contributed by atoms with Crippen LogP contribution in [-0.4, -0.2) is 9.55 Å². The van der Waals surface area contributed by atoms with Gasteiger partial charge in [-0.05, 0) is 37.1 Å². The number of anilines is 1. The minimum absolute atomic E-state index is 0.0414. The quantitative estimate of drug-likeness (QED) is 0.765. The van der Waals surface area contributed by atoms with Crippen LogP contribution < -0.4 is 16.4 Å². The number of hydrogen-bond donors (Lipinski definition) is 2. The predicted octanol–water partition coefficient (Wildman–Crippen LogP) is 3.29. The molecule has 1 saturated carbocycles. The zero-order chi connectivity index (χ0) is 16.7. The Kier molecular flexibility index (Phi) is 3.65. The summed E-state index contributed by atoms with van der Waals surface area (Å²) < 4.78 is 1.76. The number of hydrogen-bond acceptors (Lipinski definition) is 3. The van der Waals surface area contributed by atoms with Crippen molar-refractivity contribution >= 4 is 28.2 Å². The van der Waals surface area contributed by atoms with Gasteiger partial charge in [-0.25, -0.2) is 0 Å². The number of aromatic nitrogens is 2. The SMILES string of the molecule is O=c1[nH]c2c(Cl)cccc2cc1CNc1cccn(C2CC2)c1=O. The molecule has 0 amide bonds. The third-order valence-corrected chi connectivity index (χ3v) is 4.60. The topological polar surface area (TPSA) is 66.9 Å². The molecule has 122 valence electrons. The highest BCUT2D eigenvalue weighted by molar-refractivity contribution is 6.35. The van der Waals surface area contributed by atoms with Gasteiger partial charge in [0, 0.05) is 29.7 Å². The number of nitrogens with one attached hydrogen (secondary N) is 2. The van der Waals surface area contributed by atoms with E-state index < -0.39 is 0 Å². The van der Waals surface area contributed by atoms with E-state index in [1.165, 1.54) is 0 Å². The van der Waals surface area contributed by atoms with Crippen LogP contribution in [0.25, 0.3) is 10.9 Å². The van der Waals surface area contributed by atoms with E-state index in [4.69, 9.17) is 11.6 Å². The molecule has 6 heteroatoms. The highest BCUT2D eigenvalue weighted by Crippen LogP contribution is 2.33. The molecule has 0 aliphatic heterocycles. The Morgan fingerprint density at radius 2 is 2.04 bits per heavy atom. The molecule has 0 bridgehead atoms. The second kappa shape index (κ2) is 5.83. The van der Waals surface area contributed by atoms with Crippen molar-refractivity contribution < 1.29 is 0 Å². The van der Waals surface area contributed by atoms with Gasteiger partial charge in [0.05, 0.1) is 10.5 Å². The number of fused-ring (bicyclic) bond motifs is 1. The fourth-order valence-corrected chi connectivity index (χ4v) is 3.08. The zero-order valence-electron chi connectivity index (χ0n) is 12.9. The Bertz CT molecular complexity index is 1030. The Labute approximate surface area is 142 Å². The van der Waals surface area contributed by atoms with Crippen molar-refractivity contribution in [3.8, 4) is 0 Å². The molecule has 1 fully saturated rings. The number of halogens is 1. The fourth-order valence-electron chi connectivity index (χ4n) is 2.85. The van der Waals surface area contributed by atoms with E-state index in [-0.39, 0.29) is 17.7 Å². The van der Waals surface area contributed by atoms with Crippen molar-refractivity contribution in [2.45, 2.75) is 25.4 Å².